The third-order valence-corrected chi connectivity index (χ3v) is 7.69. The predicted octanol–water partition coefficient (Wildman–Crippen LogP) is 2.91. The molecule has 0 amide bonds. The standard InChI is InChI=1S/C19H26O3/c1-18-9-3-4-13(18)12-7-5-11-6-8-14(20)17(22)19(11,2)16(12)15(21)10-18/h6,8,11-13,15-16,21H,3-5,7,9-10H2,1-2H3/t11?,12-,13-,15?,16+,18-,19-/m0/s1. The Kier molecular flexibility index (Phi) is 3.01. The summed E-state index contributed by atoms with van der Waals surface area (Å²) in [5.41, 5.74) is -0.445. The Morgan fingerprint density at radius 1 is 1.18 bits per heavy atom. The van der Waals surface area contributed by atoms with Crippen LogP contribution in [-0.4, -0.2) is 22.8 Å². The lowest BCUT2D eigenvalue weighted by molar-refractivity contribution is -0.169. The van der Waals surface area contributed by atoms with Crippen LogP contribution in [0, 0.1) is 34.5 Å². The van der Waals surface area contributed by atoms with E-state index in [1.165, 1.54) is 25.3 Å². The van der Waals surface area contributed by atoms with E-state index in [1.54, 1.807) is 0 Å². The van der Waals surface area contributed by atoms with Crippen LogP contribution in [0.4, 0.5) is 0 Å². The van der Waals surface area contributed by atoms with E-state index in [4.69, 9.17) is 0 Å². The Bertz CT molecular complexity index is 565. The van der Waals surface area contributed by atoms with Gasteiger partial charge in [-0.3, -0.25) is 9.59 Å². The maximum atomic E-state index is 12.7. The summed E-state index contributed by atoms with van der Waals surface area (Å²) in [5, 5.41) is 10.9. The van der Waals surface area contributed by atoms with E-state index in [1.807, 2.05) is 13.0 Å². The molecule has 0 aromatic rings. The predicted molar refractivity (Wildman–Crippen MR) is 83.0 cm³/mol. The van der Waals surface area contributed by atoms with Gasteiger partial charge in [0.1, 0.15) is 0 Å². The lowest BCUT2D eigenvalue weighted by Crippen LogP contribution is -2.61. The van der Waals surface area contributed by atoms with Crippen LogP contribution in [0.1, 0.15) is 52.4 Å². The number of ketones is 2. The highest BCUT2D eigenvalue weighted by Gasteiger charge is 2.63. The number of fused-ring (bicyclic) bond motifs is 5. The van der Waals surface area contributed by atoms with Gasteiger partial charge >= 0.3 is 0 Å². The highest BCUT2D eigenvalue weighted by Crippen LogP contribution is 2.64. The second-order valence-corrected chi connectivity index (χ2v) is 8.63. The summed E-state index contributed by atoms with van der Waals surface area (Å²) in [6.45, 7) is 4.28. The molecule has 4 rings (SSSR count). The SMILES string of the molecule is C[C@@]12CCC[C@H]1[C@@H]1CCC3C=CC(=O)C(=O)[C@]3(C)[C@H]1C(O)C2. The first kappa shape index (κ1) is 14.6. The van der Waals surface area contributed by atoms with Crippen LogP contribution in [0.3, 0.4) is 0 Å². The molecule has 0 aromatic carbocycles. The first-order valence-electron chi connectivity index (χ1n) is 8.83. The highest BCUT2D eigenvalue weighted by molar-refractivity contribution is 6.44. The number of aliphatic hydroxyl groups is 1. The van der Waals surface area contributed by atoms with Gasteiger partial charge in [-0.05, 0) is 61.3 Å². The van der Waals surface area contributed by atoms with E-state index < -0.39 is 11.5 Å². The summed E-state index contributed by atoms with van der Waals surface area (Å²) in [6, 6.07) is 0. The Balaban J connectivity index is 1.79. The zero-order valence-electron chi connectivity index (χ0n) is 13.5. The zero-order valence-corrected chi connectivity index (χ0v) is 13.5. The van der Waals surface area contributed by atoms with Gasteiger partial charge in [0.05, 0.1) is 6.10 Å². The summed E-state index contributed by atoms with van der Waals surface area (Å²) < 4.78 is 0. The Labute approximate surface area is 132 Å². The third kappa shape index (κ3) is 1.66. The minimum absolute atomic E-state index is 0.0381. The topological polar surface area (TPSA) is 54.4 Å². The molecular formula is C19H26O3. The Hall–Kier alpha value is -0.960. The van der Waals surface area contributed by atoms with Gasteiger partial charge in [-0.15, -0.1) is 0 Å². The van der Waals surface area contributed by atoms with Crippen LogP contribution in [0.25, 0.3) is 0 Å². The van der Waals surface area contributed by atoms with Gasteiger partial charge in [0.2, 0.25) is 11.6 Å². The van der Waals surface area contributed by atoms with Crippen molar-refractivity contribution >= 4 is 11.6 Å². The number of hydrogen-bond donors (Lipinski definition) is 1. The number of allylic oxidation sites excluding steroid dienone is 2. The van der Waals surface area contributed by atoms with Gasteiger partial charge in [0.15, 0.2) is 0 Å². The second kappa shape index (κ2) is 4.53. The van der Waals surface area contributed by atoms with E-state index in [2.05, 4.69) is 6.92 Å². The van der Waals surface area contributed by atoms with Crippen molar-refractivity contribution in [3.05, 3.63) is 12.2 Å². The lowest BCUT2D eigenvalue weighted by atomic mass is 9.45. The van der Waals surface area contributed by atoms with Crippen molar-refractivity contribution in [2.45, 2.75) is 58.5 Å². The van der Waals surface area contributed by atoms with E-state index in [0.717, 1.165) is 19.3 Å². The molecule has 0 aliphatic heterocycles. The van der Waals surface area contributed by atoms with Crippen LogP contribution < -0.4 is 0 Å². The number of Topliss-reactive ketones (excluding diaryl/α,β-unsaturated/α-hetero) is 1. The van der Waals surface area contributed by atoms with Crippen molar-refractivity contribution in [1.82, 2.24) is 0 Å². The fourth-order valence-electron chi connectivity index (χ4n) is 6.69. The van der Waals surface area contributed by atoms with E-state index in [9.17, 15) is 14.7 Å². The molecular weight excluding hydrogens is 276 g/mol. The average molecular weight is 302 g/mol. The van der Waals surface area contributed by atoms with Gasteiger partial charge in [0.25, 0.3) is 0 Å². The molecule has 0 spiro atoms. The van der Waals surface area contributed by atoms with Gasteiger partial charge in [-0.25, -0.2) is 0 Å². The number of carbonyl (C=O) groups is 2. The zero-order chi connectivity index (χ0) is 15.7. The molecule has 120 valence electrons. The van der Waals surface area contributed by atoms with E-state index in [0.29, 0.717) is 11.8 Å². The largest absolute Gasteiger partial charge is 0.393 e. The average Bonchev–Trinajstić information content (AvgIpc) is 2.85. The molecule has 0 saturated heterocycles. The molecule has 7 atom stereocenters. The molecule has 3 saturated carbocycles. The van der Waals surface area contributed by atoms with E-state index in [-0.39, 0.29) is 28.8 Å². The van der Waals surface area contributed by atoms with Crippen molar-refractivity contribution < 1.29 is 14.7 Å². The molecule has 0 radical (unpaired) electrons. The summed E-state index contributed by atoms with van der Waals surface area (Å²) in [6.07, 6.45) is 9.49. The molecule has 3 nitrogen and oxygen atoms in total. The minimum Gasteiger partial charge on any atom is -0.393 e. The molecule has 3 fully saturated rings. The molecule has 4 aliphatic carbocycles. The van der Waals surface area contributed by atoms with Gasteiger partial charge < -0.3 is 5.11 Å². The van der Waals surface area contributed by atoms with E-state index >= 15 is 0 Å². The Morgan fingerprint density at radius 3 is 2.73 bits per heavy atom. The minimum atomic E-state index is -0.682. The molecule has 0 heterocycles. The van der Waals surface area contributed by atoms with Crippen molar-refractivity contribution in [3.8, 4) is 0 Å². The molecule has 3 heteroatoms. The van der Waals surface area contributed by atoms with Crippen molar-refractivity contribution in [2.24, 2.45) is 34.5 Å². The third-order valence-electron chi connectivity index (χ3n) is 7.69. The molecule has 0 aromatic heterocycles. The Morgan fingerprint density at radius 2 is 1.95 bits per heavy atom. The quantitative estimate of drug-likeness (QED) is 0.700. The van der Waals surface area contributed by atoms with Crippen LogP contribution >= 0.6 is 0 Å². The summed E-state index contributed by atoms with van der Waals surface area (Å²) >= 11 is 0. The van der Waals surface area contributed by atoms with Crippen LogP contribution in [-0.2, 0) is 9.59 Å². The smallest absolute Gasteiger partial charge is 0.221 e. The van der Waals surface area contributed by atoms with Crippen LogP contribution in [0.2, 0.25) is 0 Å². The van der Waals surface area contributed by atoms with Crippen LogP contribution in [0.15, 0.2) is 12.2 Å². The van der Waals surface area contributed by atoms with Gasteiger partial charge in [-0.2, -0.15) is 0 Å². The summed E-state index contributed by atoms with van der Waals surface area (Å²) in [4.78, 5) is 24.7. The molecule has 2 unspecified atom stereocenters. The van der Waals surface area contributed by atoms with Crippen molar-refractivity contribution in [3.63, 3.8) is 0 Å². The normalized spacial score (nSPS) is 53.9. The molecule has 4 aliphatic rings. The second-order valence-electron chi connectivity index (χ2n) is 8.63. The van der Waals surface area contributed by atoms with Gasteiger partial charge in [0, 0.05) is 11.3 Å². The fourth-order valence-corrected chi connectivity index (χ4v) is 6.69. The summed E-state index contributed by atoms with van der Waals surface area (Å²) in [7, 11) is 0. The molecule has 1 N–H and O–H groups in total. The fraction of sp³-hybridized carbons (Fsp3) is 0.789. The molecule has 0 bridgehead atoms. The number of rotatable bonds is 0. The van der Waals surface area contributed by atoms with Gasteiger partial charge in [-0.1, -0.05) is 26.3 Å². The van der Waals surface area contributed by atoms with Crippen molar-refractivity contribution in [2.75, 3.05) is 0 Å². The number of carbonyl (C=O) groups excluding carboxylic acids is 2. The maximum absolute atomic E-state index is 12.7. The lowest BCUT2D eigenvalue weighted by Gasteiger charge is -2.59. The first-order valence-corrected chi connectivity index (χ1v) is 8.83. The highest BCUT2D eigenvalue weighted by atomic mass is 16.3. The first-order chi connectivity index (χ1) is 10.4. The van der Waals surface area contributed by atoms with Crippen molar-refractivity contribution in [1.29, 1.82) is 0 Å². The molecule has 22 heavy (non-hydrogen) atoms. The number of aliphatic hydroxyl groups excluding tert-OH is 1. The van der Waals surface area contributed by atoms with Crippen LogP contribution in [0.5, 0.6) is 0 Å². The summed E-state index contributed by atoms with van der Waals surface area (Å²) in [5.74, 6) is 0.484. The number of hydrogen-bond acceptors (Lipinski definition) is 3. The maximum Gasteiger partial charge on any atom is 0.221 e. The monoisotopic (exact) mass is 302 g/mol.